The maximum Gasteiger partial charge on any atom is 0.145 e. The molecule has 5 nitrogen and oxygen atoms in total. The molecule has 7 heteroatoms. The molecule has 0 aliphatic heterocycles. The fourth-order valence-electron chi connectivity index (χ4n) is 1.65. The summed E-state index contributed by atoms with van der Waals surface area (Å²) in [7, 11) is 0. The van der Waals surface area contributed by atoms with Gasteiger partial charge >= 0.3 is 0 Å². The van der Waals surface area contributed by atoms with E-state index < -0.39 is 0 Å². The van der Waals surface area contributed by atoms with E-state index in [0.717, 1.165) is 10.2 Å². The van der Waals surface area contributed by atoms with Crippen molar-refractivity contribution in [3.63, 3.8) is 0 Å². The SMILES string of the molecule is CC(C)(C)c1nc(NN)cc(Nc2ccc(Cl)cc2Br)n1. The standard InChI is InChI=1S/C14H17BrClN5/c1-14(2,3)13-19-11(7-12(20-13)21-17)18-10-5-4-8(16)6-9(10)15/h4-7H,17H2,1-3H3,(H2,18,19,20,21). The zero-order valence-electron chi connectivity index (χ0n) is 12.0. The second-order valence-corrected chi connectivity index (χ2v) is 6.90. The lowest BCUT2D eigenvalue weighted by molar-refractivity contribution is 0.547. The molecule has 0 amide bonds. The first kappa shape index (κ1) is 16.0. The summed E-state index contributed by atoms with van der Waals surface area (Å²) < 4.78 is 0.855. The van der Waals surface area contributed by atoms with Crippen LogP contribution in [-0.4, -0.2) is 9.97 Å². The molecule has 0 spiro atoms. The lowest BCUT2D eigenvalue weighted by Gasteiger charge is -2.19. The fourth-order valence-corrected chi connectivity index (χ4v) is 2.43. The van der Waals surface area contributed by atoms with Crippen molar-refractivity contribution in [1.82, 2.24) is 9.97 Å². The van der Waals surface area contributed by atoms with Gasteiger partial charge in [-0.25, -0.2) is 15.8 Å². The van der Waals surface area contributed by atoms with E-state index in [2.05, 4.69) is 36.6 Å². The second-order valence-electron chi connectivity index (χ2n) is 5.61. The first-order chi connectivity index (χ1) is 9.79. The minimum absolute atomic E-state index is 0.180. The van der Waals surface area contributed by atoms with Crippen LogP contribution in [0.5, 0.6) is 0 Å². The Labute approximate surface area is 137 Å². The highest BCUT2D eigenvalue weighted by Crippen LogP contribution is 2.29. The van der Waals surface area contributed by atoms with Crippen molar-refractivity contribution in [2.45, 2.75) is 26.2 Å². The van der Waals surface area contributed by atoms with Crippen LogP contribution < -0.4 is 16.6 Å². The highest BCUT2D eigenvalue weighted by molar-refractivity contribution is 9.10. The van der Waals surface area contributed by atoms with Gasteiger partial charge in [0, 0.05) is 21.0 Å². The van der Waals surface area contributed by atoms with Crippen molar-refractivity contribution in [3.8, 4) is 0 Å². The van der Waals surface area contributed by atoms with Gasteiger partial charge in [0.1, 0.15) is 17.5 Å². The molecule has 0 saturated heterocycles. The average molecular weight is 371 g/mol. The monoisotopic (exact) mass is 369 g/mol. The van der Waals surface area contributed by atoms with Crippen molar-refractivity contribution >= 4 is 44.9 Å². The largest absolute Gasteiger partial charge is 0.339 e. The minimum Gasteiger partial charge on any atom is -0.339 e. The van der Waals surface area contributed by atoms with Crippen LogP contribution in [0.15, 0.2) is 28.7 Å². The molecule has 4 N–H and O–H groups in total. The molecule has 0 unspecified atom stereocenters. The highest BCUT2D eigenvalue weighted by Gasteiger charge is 2.19. The van der Waals surface area contributed by atoms with Crippen LogP contribution in [0.2, 0.25) is 5.02 Å². The van der Waals surface area contributed by atoms with Gasteiger partial charge in [-0.3, -0.25) is 0 Å². The van der Waals surface area contributed by atoms with E-state index in [4.69, 9.17) is 17.4 Å². The molecule has 0 saturated carbocycles. The summed E-state index contributed by atoms with van der Waals surface area (Å²) in [5.74, 6) is 7.39. The molecule has 0 atom stereocenters. The average Bonchev–Trinajstić information content (AvgIpc) is 2.40. The molecular formula is C14H17BrClN5. The van der Waals surface area contributed by atoms with Crippen molar-refractivity contribution in [2.24, 2.45) is 5.84 Å². The van der Waals surface area contributed by atoms with E-state index >= 15 is 0 Å². The van der Waals surface area contributed by atoms with Crippen LogP contribution in [0.4, 0.5) is 17.3 Å². The number of hydrogen-bond acceptors (Lipinski definition) is 5. The predicted molar refractivity (Wildman–Crippen MR) is 91.0 cm³/mol. The summed E-state index contributed by atoms with van der Waals surface area (Å²) in [6, 6.07) is 7.25. The Kier molecular flexibility index (Phi) is 4.70. The van der Waals surface area contributed by atoms with Crippen LogP contribution in [0.3, 0.4) is 0 Å². The molecule has 21 heavy (non-hydrogen) atoms. The van der Waals surface area contributed by atoms with Crippen molar-refractivity contribution in [2.75, 3.05) is 10.7 Å². The Bertz CT molecular complexity index is 654. The number of nitrogens with zero attached hydrogens (tertiary/aromatic N) is 2. The number of nitrogens with two attached hydrogens (primary N) is 1. The van der Waals surface area contributed by atoms with Gasteiger partial charge < -0.3 is 10.7 Å². The summed E-state index contributed by atoms with van der Waals surface area (Å²) >= 11 is 9.41. The predicted octanol–water partition coefficient (Wildman–Crippen LogP) is 4.22. The lowest BCUT2D eigenvalue weighted by atomic mass is 9.96. The second kappa shape index (κ2) is 6.17. The minimum atomic E-state index is -0.180. The van der Waals surface area contributed by atoms with E-state index in [1.807, 2.05) is 39.0 Å². The van der Waals surface area contributed by atoms with Crippen LogP contribution in [-0.2, 0) is 5.41 Å². The maximum atomic E-state index is 5.94. The van der Waals surface area contributed by atoms with Crippen LogP contribution >= 0.6 is 27.5 Å². The van der Waals surface area contributed by atoms with Crippen molar-refractivity contribution < 1.29 is 0 Å². The van der Waals surface area contributed by atoms with Gasteiger partial charge in [0.05, 0.1) is 5.69 Å². The van der Waals surface area contributed by atoms with Crippen LogP contribution in [0.1, 0.15) is 26.6 Å². The molecule has 0 radical (unpaired) electrons. The van der Waals surface area contributed by atoms with Crippen molar-refractivity contribution in [1.29, 1.82) is 0 Å². The van der Waals surface area contributed by atoms with Gasteiger partial charge in [0.2, 0.25) is 0 Å². The highest BCUT2D eigenvalue weighted by atomic mass is 79.9. The molecule has 1 aromatic heterocycles. The normalized spacial score (nSPS) is 11.3. The van der Waals surface area contributed by atoms with E-state index in [1.165, 1.54) is 0 Å². The van der Waals surface area contributed by atoms with E-state index in [1.54, 1.807) is 6.07 Å². The molecule has 0 aliphatic carbocycles. The molecule has 0 bridgehead atoms. The number of hydrogen-bond donors (Lipinski definition) is 3. The lowest BCUT2D eigenvalue weighted by Crippen LogP contribution is -2.19. The number of nitrogen functional groups attached to an aromatic ring is 1. The van der Waals surface area contributed by atoms with Gasteiger partial charge in [-0.05, 0) is 34.1 Å². The third-order valence-electron chi connectivity index (χ3n) is 2.74. The van der Waals surface area contributed by atoms with E-state index in [0.29, 0.717) is 22.5 Å². The van der Waals surface area contributed by atoms with Gasteiger partial charge in [-0.15, -0.1) is 0 Å². The third kappa shape index (κ3) is 4.06. The molecule has 1 aromatic carbocycles. The first-order valence-electron chi connectivity index (χ1n) is 6.38. The molecule has 0 aliphatic rings. The van der Waals surface area contributed by atoms with Gasteiger partial charge in [-0.2, -0.15) is 0 Å². The molecule has 2 aromatic rings. The van der Waals surface area contributed by atoms with Crippen LogP contribution in [0.25, 0.3) is 0 Å². The Morgan fingerprint density at radius 1 is 1.14 bits per heavy atom. The zero-order valence-corrected chi connectivity index (χ0v) is 14.4. The first-order valence-corrected chi connectivity index (χ1v) is 7.55. The molecule has 1 heterocycles. The number of anilines is 3. The Balaban J connectivity index is 2.39. The van der Waals surface area contributed by atoms with Gasteiger partial charge in [-0.1, -0.05) is 32.4 Å². The van der Waals surface area contributed by atoms with Gasteiger partial charge in [0.15, 0.2) is 0 Å². The number of nitrogens with one attached hydrogen (secondary N) is 2. The quantitative estimate of drug-likeness (QED) is 0.557. The number of rotatable bonds is 3. The van der Waals surface area contributed by atoms with E-state index in [9.17, 15) is 0 Å². The summed E-state index contributed by atoms with van der Waals surface area (Å²) in [5, 5.41) is 3.90. The molecule has 112 valence electrons. The third-order valence-corrected chi connectivity index (χ3v) is 3.63. The van der Waals surface area contributed by atoms with Crippen LogP contribution in [0, 0.1) is 0 Å². The summed E-state index contributed by atoms with van der Waals surface area (Å²) in [4.78, 5) is 8.92. The Hall–Kier alpha value is -1.37. The Morgan fingerprint density at radius 3 is 2.38 bits per heavy atom. The number of hydrazine groups is 1. The summed E-state index contributed by atoms with van der Waals surface area (Å²) in [5.41, 5.74) is 3.25. The van der Waals surface area contributed by atoms with E-state index in [-0.39, 0.29) is 5.41 Å². The maximum absolute atomic E-state index is 5.94. The Morgan fingerprint density at radius 2 is 1.81 bits per heavy atom. The summed E-state index contributed by atoms with van der Waals surface area (Å²) in [6.07, 6.45) is 0. The molecule has 2 rings (SSSR count). The fraction of sp³-hybridized carbons (Fsp3) is 0.286. The smallest absolute Gasteiger partial charge is 0.145 e. The number of benzene rings is 1. The van der Waals surface area contributed by atoms with Crippen molar-refractivity contribution in [3.05, 3.63) is 39.6 Å². The number of halogens is 2. The topological polar surface area (TPSA) is 75.9 Å². The van der Waals surface area contributed by atoms with Gasteiger partial charge in [0.25, 0.3) is 0 Å². The summed E-state index contributed by atoms with van der Waals surface area (Å²) in [6.45, 7) is 6.14. The number of aromatic nitrogens is 2. The zero-order chi connectivity index (χ0) is 15.6. The molecule has 0 fully saturated rings. The molecular weight excluding hydrogens is 354 g/mol.